The van der Waals surface area contributed by atoms with Crippen molar-refractivity contribution in [1.82, 2.24) is 9.62 Å². The molecule has 14 heavy (non-hydrogen) atoms. The van der Waals surface area contributed by atoms with E-state index in [9.17, 15) is 4.21 Å². The third-order valence-corrected chi connectivity index (χ3v) is 5.10. The molecule has 1 spiro atoms. The van der Waals surface area contributed by atoms with Gasteiger partial charge in [-0.1, -0.05) is 6.42 Å². The third kappa shape index (κ3) is 1.27. The van der Waals surface area contributed by atoms with Gasteiger partial charge in [-0.2, -0.15) is 0 Å². The Bertz CT molecular complexity index is 243. The van der Waals surface area contributed by atoms with Crippen LogP contribution < -0.4 is 5.32 Å². The van der Waals surface area contributed by atoms with Gasteiger partial charge in [-0.25, -0.2) is 8.51 Å². The van der Waals surface area contributed by atoms with Crippen LogP contribution in [0.15, 0.2) is 0 Å². The Morgan fingerprint density at radius 3 is 2.29 bits per heavy atom. The fourth-order valence-corrected chi connectivity index (χ4v) is 3.64. The molecule has 1 saturated heterocycles. The summed E-state index contributed by atoms with van der Waals surface area (Å²) < 4.78 is 13.3. The first kappa shape index (κ1) is 9.31. The van der Waals surface area contributed by atoms with E-state index >= 15 is 0 Å². The molecule has 3 aliphatic rings. The second kappa shape index (κ2) is 3.29. The van der Waals surface area contributed by atoms with E-state index in [1.807, 2.05) is 0 Å². The van der Waals surface area contributed by atoms with Gasteiger partial charge in [-0.3, -0.25) is 0 Å². The lowest BCUT2D eigenvalue weighted by atomic mass is 9.61. The molecule has 0 unspecified atom stereocenters. The number of nitrogens with zero attached hydrogens (tertiary/aromatic N) is 1. The van der Waals surface area contributed by atoms with Gasteiger partial charge < -0.3 is 5.32 Å². The standard InChI is InChI=1S/C10H18N2OS/c13-14-12(8-2-1-3-8)9-4-10(5-9)6-11-7-10/h8-9,11,14H,1-7H2. The van der Waals surface area contributed by atoms with Crippen LogP contribution in [0.2, 0.25) is 0 Å². The van der Waals surface area contributed by atoms with Crippen LogP contribution in [0.1, 0.15) is 32.1 Å². The number of thiol groups is 1. The highest BCUT2D eigenvalue weighted by atomic mass is 32.2. The van der Waals surface area contributed by atoms with Gasteiger partial charge in [-0.15, -0.1) is 0 Å². The highest BCUT2D eigenvalue weighted by Gasteiger charge is 2.51. The molecule has 0 aromatic rings. The van der Waals surface area contributed by atoms with Crippen LogP contribution in [-0.4, -0.2) is 33.7 Å². The summed E-state index contributed by atoms with van der Waals surface area (Å²) in [7, 11) is 0. The minimum Gasteiger partial charge on any atom is -0.316 e. The largest absolute Gasteiger partial charge is 0.316 e. The van der Waals surface area contributed by atoms with Crippen molar-refractivity contribution < 1.29 is 4.21 Å². The first-order valence-corrected chi connectivity index (χ1v) is 6.42. The summed E-state index contributed by atoms with van der Waals surface area (Å²) in [4.78, 5) is 0. The van der Waals surface area contributed by atoms with Crippen LogP contribution in [-0.2, 0) is 11.9 Å². The van der Waals surface area contributed by atoms with Gasteiger partial charge in [0.1, 0.15) is 0 Å². The van der Waals surface area contributed by atoms with Crippen LogP contribution in [0.5, 0.6) is 0 Å². The molecule has 0 radical (unpaired) electrons. The van der Waals surface area contributed by atoms with E-state index in [1.54, 1.807) is 0 Å². The van der Waals surface area contributed by atoms with E-state index in [2.05, 4.69) is 9.62 Å². The summed E-state index contributed by atoms with van der Waals surface area (Å²) in [5.41, 5.74) is 0.608. The quantitative estimate of drug-likeness (QED) is 0.669. The van der Waals surface area contributed by atoms with Crippen molar-refractivity contribution in [1.29, 1.82) is 0 Å². The Kier molecular flexibility index (Phi) is 2.18. The summed E-state index contributed by atoms with van der Waals surface area (Å²) in [5, 5.41) is 3.34. The Hall–Kier alpha value is 0.0700. The summed E-state index contributed by atoms with van der Waals surface area (Å²) in [6.07, 6.45) is 6.39. The molecular weight excluding hydrogens is 196 g/mol. The molecule has 1 N–H and O–H groups in total. The maximum atomic E-state index is 11.1. The smallest absolute Gasteiger partial charge is 0.0813 e. The van der Waals surface area contributed by atoms with E-state index < -0.39 is 0 Å². The fourth-order valence-electron chi connectivity index (χ4n) is 2.98. The summed E-state index contributed by atoms with van der Waals surface area (Å²) in [5.74, 6) is 0. The van der Waals surface area contributed by atoms with Crippen molar-refractivity contribution in [2.45, 2.75) is 44.2 Å². The van der Waals surface area contributed by atoms with E-state index in [0.29, 0.717) is 17.5 Å². The minimum atomic E-state index is 0.263. The zero-order valence-corrected chi connectivity index (χ0v) is 9.30. The van der Waals surface area contributed by atoms with Gasteiger partial charge in [0.25, 0.3) is 0 Å². The van der Waals surface area contributed by atoms with Gasteiger partial charge >= 0.3 is 0 Å². The molecule has 80 valence electrons. The number of hydrogen-bond acceptors (Lipinski definition) is 2. The van der Waals surface area contributed by atoms with Gasteiger partial charge in [-0.05, 0) is 31.1 Å². The van der Waals surface area contributed by atoms with Crippen LogP contribution in [0, 0.1) is 5.41 Å². The molecule has 2 saturated carbocycles. The first-order valence-electron chi connectivity index (χ1n) is 5.65. The second-order valence-corrected chi connectivity index (χ2v) is 5.84. The Labute approximate surface area is 88.9 Å². The van der Waals surface area contributed by atoms with Crippen molar-refractivity contribution in [3.63, 3.8) is 0 Å². The monoisotopic (exact) mass is 214 g/mol. The predicted molar refractivity (Wildman–Crippen MR) is 57.3 cm³/mol. The Morgan fingerprint density at radius 2 is 1.93 bits per heavy atom. The third-order valence-electron chi connectivity index (χ3n) is 4.25. The fraction of sp³-hybridized carbons (Fsp3) is 1.00. The number of nitrogens with one attached hydrogen (secondary N) is 1. The van der Waals surface area contributed by atoms with E-state index in [1.165, 1.54) is 45.2 Å². The maximum absolute atomic E-state index is 11.1. The highest BCUT2D eigenvalue weighted by molar-refractivity contribution is 7.63. The lowest BCUT2D eigenvalue weighted by molar-refractivity contribution is -0.0233. The van der Waals surface area contributed by atoms with Crippen LogP contribution in [0.3, 0.4) is 0 Å². The van der Waals surface area contributed by atoms with Crippen molar-refractivity contribution in [2.24, 2.45) is 5.41 Å². The SMILES string of the molecule is O=[SH]N(C1CCC1)C1CC2(CNC2)C1. The molecule has 2 aliphatic carbocycles. The summed E-state index contributed by atoms with van der Waals surface area (Å²) in [6, 6.07) is 1.24. The Morgan fingerprint density at radius 1 is 1.21 bits per heavy atom. The zero-order valence-electron chi connectivity index (χ0n) is 8.41. The molecule has 0 aromatic carbocycles. The van der Waals surface area contributed by atoms with Gasteiger partial charge in [0, 0.05) is 25.2 Å². The van der Waals surface area contributed by atoms with Crippen LogP contribution >= 0.6 is 0 Å². The van der Waals surface area contributed by atoms with Crippen molar-refractivity contribution in [2.75, 3.05) is 13.1 Å². The first-order chi connectivity index (χ1) is 6.83. The molecular formula is C10H18N2OS. The Balaban J connectivity index is 1.57. The molecule has 3 rings (SSSR count). The number of hydrogen-bond donors (Lipinski definition) is 2. The molecule has 4 heteroatoms. The lowest BCUT2D eigenvalue weighted by Crippen LogP contribution is -2.66. The lowest BCUT2D eigenvalue weighted by Gasteiger charge is -2.57. The minimum absolute atomic E-state index is 0.263. The normalized spacial score (nSPS) is 31.2. The molecule has 1 heterocycles. The molecule has 0 atom stereocenters. The zero-order chi connectivity index (χ0) is 9.60. The number of rotatable bonds is 3. The van der Waals surface area contributed by atoms with Crippen molar-refractivity contribution in [3.05, 3.63) is 0 Å². The summed E-state index contributed by atoms with van der Waals surface area (Å²) >= 11 is 0.263. The van der Waals surface area contributed by atoms with E-state index in [4.69, 9.17) is 0 Å². The predicted octanol–water partition coefficient (Wildman–Crippen LogP) is 0.453. The molecule has 3 nitrogen and oxygen atoms in total. The van der Waals surface area contributed by atoms with Crippen LogP contribution in [0.25, 0.3) is 0 Å². The molecule has 0 bridgehead atoms. The average Bonchev–Trinajstić information content (AvgIpc) is 1.93. The molecule has 0 amide bonds. The molecule has 0 aromatic heterocycles. The van der Waals surface area contributed by atoms with Gasteiger partial charge in [0.2, 0.25) is 0 Å². The van der Waals surface area contributed by atoms with E-state index in [-0.39, 0.29) is 11.9 Å². The molecule has 3 fully saturated rings. The van der Waals surface area contributed by atoms with Crippen molar-refractivity contribution >= 4 is 11.9 Å². The van der Waals surface area contributed by atoms with Crippen molar-refractivity contribution in [3.8, 4) is 0 Å². The highest BCUT2D eigenvalue weighted by Crippen LogP contribution is 2.47. The maximum Gasteiger partial charge on any atom is 0.0813 e. The summed E-state index contributed by atoms with van der Waals surface area (Å²) in [6.45, 7) is 2.38. The topological polar surface area (TPSA) is 32.3 Å². The second-order valence-electron chi connectivity index (χ2n) is 5.21. The van der Waals surface area contributed by atoms with Gasteiger partial charge in [0.15, 0.2) is 0 Å². The average molecular weight is 214 g/mol. The van der Waals surface area contributed by atoms with Crippen LogP contribution in [0.4, 0.5) is 0 Å². The van der Waals surface area contributed by atoms with Gasteiger partial charge in [0.05, 0.1) is 11.9 Å². The molecule has 1 aliphatic heterocycles. The van der Waals surface area contributed by atoms with E-state index in [0.717, 1.165) is 0 Å².